The Morgan fingerprint density at radius 3 is 2.73 bits per heavy atom. The standard InChI is InChI=1S/C17H22N2O3/c20-14-8-13(9-18-10-14)16(21)19-11-17(4-1-5-17)15(19)12-2-6-22-7-3-12/h8-10,12,15,20H,1-7,11H2. The van der Waals surface area contributed by atoms with E-state index < -0.39 is 0 Å². The third-order valence-corrected chi connectivity index (χ3v) is 5.74. The topological polar surface area (TPSA) is 62.7 Å². The molecule has 1 spiro atoms. The zero-order valence-electron chi connectivity index (χ0n) is 12.7. The van der Waals surface area contributed by atoms with Crippen LogP contribution in [0.15, 0.2) is 18.5 Å². The first-order chi connectivity index (χ1) is 10.7. The third kappa shape index (κ3) is 2.10. The minimum atomic E-state index is 0.0115. The molecule has 1 atom stereocenters. The zero-order valence-corrected chi connectivity index (χ0v) is 12.7. The summed E-state index contributed by atoms with van der Waals surface area (Å²) in [6.07, 6.45) is 8.79. The second kappa shape index (κ2) is 5.23. The van der Waals surface area contributed by atoms with Gasteiger partial charge in [-0.15, -0.1) is 0 Å². The van der Waals surface area contributed by atoms with E-state index in [4.69, 9.17) is 4.74 Å². The lowest BCUT2D eigenvalue weighted by molar-refractivity contribution is -0.140. The van der Waals surface area contributed by atoms with Crippen molar-refractivity contribution < 1.29 is 14.6 Å². The maximum absolute atomic E-state index is 12.8. The SMILES string of the molecule is O=C(c1cncc(O)c1)N1CC2(CCC2)C1C1CCOCC1. The molecule has 2 saturated heterocycles. The predicted octanol–water partition coefficient (Wildman–Crippen LogP) is 2.21. The molecule has 0 bridgehead atoms. The van der Waals surface area contributed by atoms with E-state index in [0.29, 0.717) is 22.9 Å². The Morgan fingerprint density at radius 2 is 2.09 bits per heavy atom. The van der Waals surface area contributed by atoms with E-state index in [0.717, 1.165) is 32.6 Å². The first-order valence-corrected chi connectivity index (χ1v) is 8.22. The van der Waals surface area contributed by atoms with E-state index in [1.807, 2.05) is 4.90 Å². The summed E-state index contributed by atoms with van der Waals surface area (Å²) >= 11 is 0. The van der Waals surface area contributed by atoms with Gasteiger partial charge in [0.15, 0.2) is 0 Å². The summed E-state index contributed by atoms with van der Waals surface area (Å²) in [5, 5.41) is 9.56. The van der Waals surface area contributed by atoms with Gasteiger partial charge in [0.1, 0.15) is 5.75 Å². The molecular weight excluding hydrogens is 280 g/mol. The molecule has 1 aromatic rings. The van der Waals surface area contributed by atoms with Gasteiger partial charge in [0.25, 0.3) is 5.91 Å². The van der Waals surface area contributed by atoms with Crippen molar-refractivity contribution in [2.45, 2.75) is 38.1 Å². The molecule has 4 rings (SSSR count). The number of aromatic hydroxyl groups is 1. The molecule has 1 unspecified atom stereocenters. The summed E-state index contributed by atoms with van der Waals surface area (Å²) in [7, 11) is 0. The van der Waals surface area contributed by atoms with Crippen molar-refractivity contribution in [3.8, 4) is 5.75 Å². The molecule has 3 heterocycles. The first-order valence-electron chi connectivity index (χ1n) is 8.22. The molecule has 0 radical (unpaired) electrons. The maximum atomic E-state index is 12.8. The quantitative estimate of drug-likeness (QED) is 0.910. The Kier molecular flexibility index (Phi) is 3.33. The van der Waals surface area contributed by atoms with Crippen molar-refractivity contribution in [3.05, 3.63) is 24.0 Å². The van der Waals surface area contributed by atoms with Crippen LogP contribution < -0.4 is 0 Å². The van der Waals surface area contributed by atoms with Gasteiger partial charge < -0.3 is 14.7 Å². The van der Waals surface area contributed by atoms with E-state index in [1.165, 1.54) is 31.5 Å². The summed E-state index contributed by atoms with van der Waals surface area (Å²) in [6, 6.07) is 1.86. The number of pyridine rings is 1. The average Bonchev–Trinajstić information content (AvgIpc) is 2.46. The molecule has 22 heavy (non-hydrogen) atoms. The van der Waals surface area contributed by atoms with Gasteiger partial charge in [-0.05, 0) is 37.7 Å². The summed E-state index contributed by atoms with van der Waals surface area (Å²) in [4.78, 5) is 18.8. The Bertz CT molecular complexity index is 579. The molecule has 5 heteroatoms. The number of ether oxygens (including phenoxy) is 1. The minimum absolute atomic E-state index is 0.0115. The highest BCUT2D eigenvalue weighted by atomic mass is 16.5. The molecule has 118 valence electrons. The van der Waals surface area contributed by atoms with Crippen LogP contribution in [-0.4, -0.2) is 46.7 Å². The fourth-order valence-electron chi connectivity index (χ4n) is 4.53. The largest absolute Gasteiger partial charge is 0.506 e. The van der Waals surface area contributed by atoms with Gasteiger partial charge in [0.05, 0.1) is 11.8 Å². The highest BCUT2D eigenvalue weighted by Crippen LogP contribution is 2.56. The lowest BCUT2D eigenvalue weighted by atomic mass is 9.54. The minimum Gasteiger partial charge on any atom is -0.506 e. The number of carbonyl (C=O) groups is 1. The van der Waals surface area contributed by atoms with Gasteiger partial charge >= 0.3 is 0 Å². The number of likely N-dealkylation sites (tertiary alicyclic amines) is 1. The Labute approximate surface area is 130 Å². The van der Waals surface area contributed by atoms with Gasteiger partial charge in [-0.25, -0.2) is 0 Å². The maximum Gasteiger partial charge on any atom is 0.255 e. The van der Waals surface area contributed by atoms with Crippen molar-refractivity contribution >= 4 is 5.91 Å². The summed E-state index contributed by atoms with van der Waals surface area (Å²) in [5.41, 5.74) is 0.855. The van der Waals surface area contributed by atoms with Crippen LogP contribution in [-0.2, 0) is 4.74 Å². The highest BCUT2D eigenvalue weighted by Gasteiger charge is 2.59. The van der Waals surface area contributed by atoms with Gasteiger partial charge in [0.2, 0.25) is 0 Å². The van der Waals surface area contributed by atoms with Crippen molar-refractivity contribution in [1.29, 1.82) is 0 Å². The van der Waals surface area contributed by atoms with Crippen LogP contribution in [0.5, 0.6) is 5.75 Å². The van der Waals surface area contributed by atoms with Crippen molar-refractivity contribution in [2.75, 3.05) is 19.8 Å². The summed E-state index contributed by atoms with van der Waals surface area (Å²) in [6.45, 7) is 2.49. The van der Waals surface area contributed by atoms with Crippen molar-refractivity contribution in [3.63, 3.8) is 0 Å². The highest BCUT2D eigenvalue weighted by molar-refractivity contribution is 5.95. The zero-order chi connectivity index (χ0) is 15.2. The molecule has 1 aromatic heterocycles. The fourth-order valence-corrected chi connectivity index (χ4v) is 4.53. The van der Waals surface area contributed by atoms with E-state index >= 15 is 0 Å². The van der Waals surface area contributed by atoms with Crippen LogP contribution in [0, 0.1) is 11.3 Å². The summed E-state index contributed by atoms with van der Waals surface area (Å²) in [5.74, 6) is 0.613. The second-order valence-corrected chi connectivity index (χ2v) is 6.98. The second-order valence-electron chi connectivity index (χ2n) is 6.98. The van der Waals surface area contributed by atoms with Gasteiger partial charge in [-0.1, -0.05) is 6.42 Å². The molecule has 0 aromatic carbocycles. The van der Waals surface area contributed by atoms with Crippen LogP contribution in [0.25, 0.3) is 0 Å². The normalized spacial score (nSPS) is 27.3. The van der Waals surface area contributed by atoms with Crippen LogP contribution in [0.3, 0.4) is 0 Å². The third-order valence-electron chi connectivity index (χ3n) is 5.74. The van der Waals surface area contributed by atoms with Gasteiger partial charge in [-0.2, -0.15) is 0 Å². The monoisotopic (exact) mass is 302 g/mol. The molecule has 1 amide bonds. The molecule has 5 nitrogen and oxygen atoms in total. The van der Waals surface area contributed by atoms with Crippen LogP contribution in [0.4, 0.5) is 0 Å². The predicted molar refractivity (Wildman–Crippen MR) is 80.6 cm³/mol. The molecule has 1 aliphatic carbocycles. The van der Waals surface area contributed by atoms with Crippen molar-refractivity contribution in [1.82, 2.24) is 9.88 Å². The number of carbonyl (C=O) groups excluding carboxylic acids is 1. The van der Waals surface area contributed by atoms with E-state index in [-0.39, 0.29) is 11.7 Å². The molecule has 3 aliphatic rings. The van der Waals surface area contributed by atoms with Crippen LogP contribution >= 0.6 is 0 Å². The van der Waals surface area contributed by atoms with Crippen LogP contribution in [0.2, 0.25) is 0 Å². The molecule has 1 saturated carbocycles. The number of rotatable bonds is 2. The van der Waals surface area contributed by atoms with Crippen molar-refractivity contribution in [2.24, 2.45) is 11.3 Å². The molecule has 3 fully saturated rings. The molecule has 2 aliphatic heterocycles. The number of nitrogens with zero attached hydrogens (tertiary/aromatic N) is 2. The molecular formula is C17H22N2O3. The van der Waals surface area contributed by atoms with E-state index in [2.05, 4.69) is 4.98 Å². The fraction of sp³-hybridized carbons (Fsp3) is 0.647. The Morgan fingerprint density at radius 1 is 1.32 bits per heavy atom. The number of hydrogen-bond acceptors (Lipinski definition) is 4. The lowest BCUT2D eigenvalue weighted by Crippen LogP contribution is -2.71. The van der Waals surface area contributed by atoms with E-state index in [1.54, 1.807) is 6.20 Å². The number of hydrogen-bond donors (Lipinski definition) is 1. The summed E-state index contributed by atoms with van der Waals surface area (Å²) < 4.78 is 5.49. The van der Waals surface area contributed by atoms with E-state index in [9.17, 15) is 9.90 Å². The Balaban J connectivity index is 1.56. The first kappa shape index (κ1) is 14.0. The average molecular weight is 302 g/mol. The van der Waals surface area contributed by atoms with Gasteiger partial charge in [-0.3, -0.25) is 9.78 Å². The number of amides is 1. The molecule has 1 N–H and O–H groups in total. The number of aromatic nitrogens is 1. The smallest absolute Gasteiger partial charge is 0.255 e. The van der Waals surface area contributed by atoms with Crippen LogP contribution in [0.1, 0.15) is 42.5 Å². The Hall–Kier alpha value is -1.62. The van der Waals surface area contributed by atoms with Gasteiger partial charge in [0, 0.05) is 37.4 Å². The lowest BCUT2D eigenvalue weighted by Gasteiger charge is -2.65.